The molecule has 0 bridgehead atoms. The van der Waals surface area contributed by atoms with E-state index < -0.39 is 0 Å². The van der Waals surface area contributed by atoms with Crippen LogP contribution in [0.1, 0.15) is 46.1 Å². The summed E-state index contributed by atoms with van der Waals surface area (Å²) in [4.78, 5) is 0. The van der Waals surface area contributed by atoms with Gasteiger partial charge < -0.3 is 13.6 Å². The van der Waals surface area contributed by atoms with Gasteiger partial charge in [-0.1, -0.05) is 119 Å². The van der Waals surface area contributed by atoms with Crippen molar-refractivity contribution in [3.8, 4) is 22.5 Å². The van der Waals surface area contributed by atoms with E-state index in [1.807, 2.05) is 0 Å². The Morgan fingerprint density at radius 3 is 1.44 bits per heavy atom. The fourth-order valence-electron chi connectivity index (χ4n) is 9.13. The van der Waals surface area contributed by atoms with Gasteiger partial charge in [0.2, 0.25) is 0 Å². The maximum Gasteiger partial charge on any atom is 0.135 e. The van der Waals surface area contributed by atoms with Gasteiger partial charge in [0.05, 0.1) is 22.1 Å². The minimum absolute atomic E-state index is 0.642. The van der Waals surface area contributed by atoms with Crippen molar-refractivity contribution >= 4 is 65.6 Å². The Morgan fingerprint density at radius 1 is 0.473 bits per heavy atom. The number of aromatic nitrogens is 2. The third-order valence-electron chi connectivity index (χ3n) is 12.3. The fourth-order valence-corrected chi connectivity index (χ4v) is 9.13. The first-order valence-electron chi connectivity index (χ1n) is 20.0. The average molecular weight is 715 g/mol. The normalized spacial score (nSPS) is 13.3. The topological polar surface area (TPSA) is 23.0 Å². The van der Waals surface area contributed by atoms with Gasteiger partial charge in [0, 0.05) is 43.7 Å². The number of fused-ring (bicyclic) bond motifs is 9. The molecule has 2 atom stereocenters. The first-order valence-corrected chi connectivity index (χ1v) is 20.0. The van der Waals surface area contributed by atoms with E-state index in [1.54, 1.807) is 0 Å². The molecule has 0 saturated carbocycles. The summed E-state index contributed by atoms with van der Waals surface area (Å²) in [5, 5.41) is 7.39. The van der Waals surface area contributed by atoms with E-state index in [4.69, 9.17) is 4.42 Å². The van der Waals surface area contributed by atoms with Gasteiger partial charge in [0.15, 0.2) is 0 Å². The van der Waals surface area contributed by atoms with E-state index in [0.717, 1.165) is 45.8 Å². The molecule has 10 rings (SSSR count). The summed E-state index contributed by atoms with van der Waals surface area (Å²) in [7, 11) is 0. The Balaban J connectivity index is 1.19. The van der Waals surface area contributed by atoms with E-state index in [2.05, 4.69) is 188 Å². The highest BCUT2D eigenvalue weighted by atomic mass is 16.3. The zero-order valence-corrected chi connectivity index (χ0v) is 32.1. The number of nitrogens with zero attached hydrogens (tertiary/aromatic N) is 2. The van der Waals surface area contributed by atoms with Crippen LogP contribution in [-0.4, -0.2) is 9.13 Å². The number of furan rings is 1. The minimum atomic E-state index is 0.642. The molecule has 0 aliphatic rings. The number of para-hydroxylation sites is 4. The molecule has 55 heavy (non-hydrogen) atoms. The molecule has 0 radical (unpaired) electrons. The molecule has 2 unspecified atom stereocenters. The smallest absolute Gasteiger partial charge is 0.135 e. The molecular weight excluding hydrogens is 669 g/mol. The zero-order valence-electron chi connectivity index (χ0n) is 32.1. The Bertz CT molecular complexity index is 2800. The monoisotopic (exact) mass is 714 g/mol. The lowest BCUT2D eigenvalue weighted by Gasteiger charge is -2.24. The predicted molar refractivity (Wildman–Crippen MR) is 234 cm³/mol. The number of hydrogen-bond acceptors (Lipinski definition) is 1. The second-order valence-electron chi connectivity index (χ2n) is 16.1. The molecule has 0 saturated heterocycles. The van der Waals surface area contributed by atoms with E-state index >= 15 is 0 Å². The molecule has 270 valence electrons. The Labute approximate surface area is 322 Å². The van der Waals surface area contributed by atoms with Gasteiger partial charge in [-0.3, -0.25) is 0 Å². The first kappa shape index (κ1) is 33.5. The van der Waals surface area contributed by atoms with Crippen LogP contribution in [0.2, 0.25) is 0 Å². The third-order valence-corrected chi connectivity index (χ3v) is 12.3. The van der Waals surface area contributed by atoms with Crippen LogP contribution >= 0.6 is 0 Å². The van der Waals surface area contributed by atoms with Crippen LogP contribution in [-0.2, 0) is 6.42 Å². The summed E-state index contributed by atoms with van der Waals surface area (Å²) in [6, 6.07) is 55.8. The molecule has 0 amide bonds. The molecule has 0 aliphatic carbocycles. The predicted octanol–water partition coefficient (Wildman–Crippen LogP) is 14.7. The number of rotatable bonds is 9. The standard InChI is InChI=1S/C52H46N2O/c1-5-34(4)26-37(33(2)3)27-35-22-24-51-45(28-35)46-31-36(23-25-52(46)55-51)38-29-39(53-47-18-10-6-14-41(47)42-15-7-11-19-48(42)53)32-40(30-38)54-49-20-12-8-16-43(49)44-17-9-13-21-50(44)54/h6-25,28-34,37H,5,26-27H2,1-4H3. The molecule has 7 aromatic carbocycles. The summed E-state index contributed by atoms with van der Waals surface area (Å²) in [6.07, 6.45) is 3.58. The van der Waals surface area contributed by atoms with Crippen molar-refractivity contribution in [3.05, 3.63) is 157 Å². The van der Waals surface area contributed by atoms with Crippen molar-refractivity contribution in [3.63, 3.8) is 0 Å². The molecule has 0 fully saturated rings. The number of benzene rings is 7. The molecular formula is C52H46N2O. The summed E-state index contributed by atoms with van der Waals surface area (Å²) in [6.45, 7) is 9.47. The lowest BCUT2D eigenvalue weighted by molar-refractivity contribution is 0.301. The lowest BCUT2D eigenvalue weighted by Crippen LogP contribution is -2.15. The third kappa shape index (κ3) is 5.64. The molecule has 3 heteroatoms. The molecule has 0 aliphatic heterocycles. The Hall–Kier alpha value is -6.06. The molecule has 3 heterocycles. The molecule has 0 spiro atoms. The van der Waals surface area contributed by atoms with Crippen molar-refractivity contribution in [1.29, 1.82) is 0 Å². The van der Waals surface area contributed by atoms with Crippen LogP contribution in [0.25, 0.3) is 88.1 Å². The minimum Gasteiger partial charge on any atom is -0.456 e. The summed E-state index contributed by atoms with van der Waals surface area (Å²) < 4.78 is 11.4. The second-order valence-corrected chi connectivity index (χ2v) is 16.1. The van der Waals surface area contributed by atoms with Crippen molar-refractivity contribution in [2.75, 3.05) is 0 Å². The molecule has 0 N–H and O–H groups in total. The van der Waals surface area contributed by atoms with E-state index in [1.165, 1.54) is 73.0 Å². The van der Waals surface area contributed by atoms with Crippen molar-refractivity contribution in [2.45, 2.75) is 47.0 Å². The summed E-state index contributed by atoms with van der Waals surface area (Å²) in [5.74, 6) is 2.03. The zero-order chi connectivity index (χ0) is 37.2. The highest BCUT2D eigenvalue weighted by Gasteiger charge is 2.20. The molecule has 10 aromatic rings. The quantitative estimate of drug-likeness (QED) is 0.146. The molecule has 3 aromatic heterocycles. The van der Waals surface area contributed by atoms with E-state index in [9.17, 15) is 0 Å². The SMILES string of the molecule is CCC(C)CC(Cc1ccc2oc3ccc(-c4cc(-n5c6ccccc6c6ccccc65)cc(-n5c6ccccc6c6ccccc65)c4)cc3c2c1)C(C)C. The largest absolute Gasteiger partial charge is 0.456 e. The van der Waals surface area contributed by atoms with Crippen molar-refractivity contribution < 1.29 is 4.42 Å². The van der Waals surface area contributed by atoms with Gasteiger partial charge >= 0.3 is 0 Å². The van der Waals surface area contributed by atoms with Crippen LogP contribution in [0, 0.1) is 17.8 Å². The van der Waals surface area contributed by atoms with E-state index in [-0.39, 0.29) is 0 Å². The van der Waals surface area contributed by atoms with Crippen LogP contribution in [0.15, 0.2) is 156 Å². The maximum absolute atomic E-state index is 6.48. The summed E-state index contributed by atoms with van der Waals surface area (Å²) in [5.41, 5.74) is 12.7. The van der Waals surface area contributed by atoms with Gasteiger partial charge in [-0.15, -0.1) is 0 Å². The van der Waals surface area contributed by atoms with Crippen LogP contribution < -0.4 is 0 Å². The second kappa shape index (κ2) is 13.4. The van der Waals surface area contributed by atoms with Crippen molar-refractivity contribution in [2.24, 2.45) is 17.8 Å². The van der Waals surface area contributed by atoms with Gasteiger partial charge in [-0.05, 0) is 114 Å². The van der Waals surface area contributed by atoms with Crippen LogP contribution in [0.4, 0.5) is 0 Å². The van der Waals surface area contributed by atoms with Crippen LogP contribution in [0.3, 0.4) is 0 Å². The molecule has 3 nitrogen and oxygen atoms in total. The van der Waals surface area contributed by atoms with E-state index in [0.29, 0.717) is 11.8 Å². The maximum atomic E-state index is 6.48. The van der Waals surface area contributed by atoms with Gasteiger partial charge in [0.1, 0.15) is 11.2 Å². The van der Waals surface area contributed by atoms with Gasteiger partial charge in [-0.2, -0.15) is 0 Å². The number of hydrogen-bond donors (Lipinski definition) is 0. The first-order chi connectivity index (χ1) is 26.9. The fraction of sp³-hybridized carbons (Fsp3) is 0.192. The lowest BCUT2D eigenvalue weighted by atomic mass is 9.82. The van der Waals surface area contributed by atoms with Gasteiger partial charge in [0.25, 0.3) is 0 Å². The Morgan fingerprint density at radius 2 is 0.945 bits per heavy atom. The highest BCUT2D eigenvalue weighted by Crippen LogP contribution is 2.40. The van der Waals surface area contributed by atoms with Crippen molar-refractivity contribution in [1.82, 2.24) is 9.13 Å². The Kier molecular flexibility index (Phi) is 8.13. The highest BCUT2D eigenvalue weighted by molar-refractivity contribution is 6.11. The summed E-state index contributed by atoms with van der Waals surface area (Å²) >= 11 is 0. The van der Waals surface area contributed by atoms with Crippen LogP contribution in [0.5, 0.6) is 0 Å². The van der Waals surface area contributed by atoms with Gasteiger partial charge in [-0.25, -0.2) is 0 Å². The average Bonchev–Trinajstić information content (AvgIpc) is 3.87.